The van der Waals surface area contributed by atoms with Crippen molar-refractivity contribution in [2.75, 3.05) is 13.8 Å². The maximum atomic E-state index is 13.2. The molecule has 170 valence electrons. The van der Waals surface area contributed by atoms with Gasteiger partial charge in [-0.1, -0.05) is 12.1 Å². The fraction of sp³-hybridized carbons (Fsp3) is 0.182. The SMILES string of the molecule is COCNC(=O)c1cc(OCc2ccc(F)cc2)c2c(=O)c(O)c(-c3ncnn3C)oc2c1. The Balaban J connectivity index is 1.85. The Hall–Kier alpha value is -4.25. The Morgan fingerprint density at radius 1 is 1.27 bits per heavy atom. The molecule has 1 amide bonds. The summed E-state index contributed by atoms with van der Waals surface area (Å²) in [7, 11) is 2.99. The number of carbonyl (C=O) groups excluding carboxylic acids is 1. The van der Waals surface area contributed by atoms with Crippen LogP contribution in [0.4, 0.5) is 4.39 Å². The van der Waals surface area contributed by atoms with Gasteiger partial charge >= 0.3 is 0 Å². The van der Waals surface area contributed by atoms with Gasteiger partial charge in [-0.25, -0.2) is 14.1 Å². The average molecular weight is 454 g/mol. The first-order valence-electron chi connectivity index (χ1n) is 9.71. The monoisotopic (exact) mass is 454 g/mol. The van der Waals surface area contributed by atoms with Gasteiger partial charge in [0.05, 0.1) is 0 Å². The van der Waals surface area contributed by atoms with Gasteiger partial charge in [-0.3, -0.25) is 9.59 Å². The lowest BCUT2D eigenvalue weighted by atomic mass is 10.1. The Labute approximate surface area is 186 Å². The van der Waals surface area contributed by atoms with E-state index in [1.165, 1.54) is 54.5 Å². The number of nitrogens with zero attached hydrogens (tertiary/aromatic N) is 3. The number of methoxy groups -OCH3 is 1. The van der Waals surface area contributed by atoms with Crippen LogP contribution in [-0.4, -0.2) is 39.6 Å². The van der Waals surface area contributed by atoms with Gasteiger partial charge < -0.3 is 24.3 Å². The minimum absolute atomic E-state index is 0.00465. The second kappa shape index (κ2) is 9.09. The molecule has 0 aliphatic carbocycles. The zero-order valence-corrected chi connectivity index (χ0v) is 17.7. The summed E-state index contributed by atoms with van der Waals surface area (Å²) in [5, 5.41) is 16.9. The number of hydrogen-bond acceptors (Lipinski definition) is 8. The van der Waals surface area contributed by atoms with Crippen molar-refractivity contribution in [3.05, 3.63) is 69.9 Å². The molecule has 2 aromatic heterocycles. The normalized spacial score (nSPS) is 11.0. The largest absolute Gasteiger partial charge is 0.501 e. The first-order valence-corrected chi connectivity index (χ1v) is 9.71. The van der Waals surface area contributed by atoms with E-state index in [1.54, 1.807) is 7.05 Å². The van der Waals surface area contributed by atoms with Gasteiger partial charge in [0.1, 0.15) is 42.2 Å². The standard InChI is InChI=1S/C22H19FN4O6/c1-27-21(24-10-26-27)20-19(29)18(28)17-15(32-9-12-3-5-14(23)6-4-12)7-13(8-16(17)33-20)22(30)25-11-31-2/h3-8,10,29H,9,11H2,1-2H3,(H,25,30). The Morgan fingerprint density at radius 3 is 2.70 bits per heavy atom. The first-order chi connectivity index (χ1) is 15.9. The van der Waals surface area contributed by atoms with E-state index in [-0.39, 0.29) is 47.2 Å². The zero-order valence-electron chi connectivity index (χ0n) is 17.7. The number of aromatic nitrogens is 3. The lowest BCUT2D eigenvalue weighted by Crippen LogP contribution is -2.25. The van der Waals surface area contributed by atoms with Crippen LogP contribution in [0, 0.1) is 5.82 Å². The first kappa shape index (κ1) is 22.0. The van der Waals surface area contributed by atoms with E-state index in [0.717, 1.165) is 0 Å². The van der Waals surface area contributed by atoms with Crippen LogP contribution in [0.2, 0.25) is 0 Å². The topological polar surface area (TPSA) is 129 Å². The number of aromatic hydroxyl groups is 1. The maximum Gasteiger partial charge on any atom is 0.253 e. The molecule has 0 spiro atoms. The van der Waals surface area contributed by atoms with Crippen LogP contribution in [0.3, 0.4) is 0 Å². The highest BCUT2D eigenvalue weighted by atomic mass is 19.1. The molecule has 33 heavy (non-hydrogen) atoms. The molecule has 0 bridgehead atoms. The molecule has 4 rings (SSSR count). The number of rotatable bonds is 7. The van der Waals surface area contributed by atoms with Crippen molar-refractivity contribution in [2.45, 2.75) is 6.61 Å². The van der Waals surface area contributed by atoms with Crippen molar-refractivity contribution < 1.29 is 28.2 Å². The fourth-order valence-corrected chi connectivity index (χ4v) is 3.15. The van der Waals surface area contributed by atoms with E-state index in [1.807, 2.05) is 0 Å². The van der Waals surface area contributed by atoms with E-state index in [4.69, 9.17) is 13.9 Å². The van der Waals surface area contributed by atoms with Crippen LogP contribution in [0.15, 0.2) is 51.9 Å². The molecule has 2 N–H and O–H groups in total. The smallest absolute Gasteiger partial charge is 0.253 e. The number of benzene rings is 2. The summed E-state index contributed by atoms with van der Waals surface area (Å²) in [6.45, 7) is -0.0594. The molecule has 0 aliphatic heterocycles. The summed E-state index contributed by atoms with van der Waals surface area (Å²) in [6.07, 6.45) is 1.24. The molecule has 11 heteroatoms. The molecule has 0 aliphatic rings. The van der Waals surface area contributed by atoms with E-state index >= 15 is 0 Å². The van der Waals surface area contributed by atoms with Gasteiger partial charge in [0, 0.05) is 19.7 Å². The third-order valence-corrected chi connectivity index (χ3v) is 4.80. The predicted octanol–water partition coefficient (Wildman–Crippen LogP) is 2.35. The molecular weight excluding hydrogens is 435 g/mol. The van der Waals surface area contributed by atoms with Crippen molar-refractivity contribution in [2.24, 2.45) is 7.05 Å². The molecule has 0 atom stereocenters. The van der Waals surface area contributed by atoms with Crippen LogP contribution in [-0.2, 0) is 18.4 Å². The molecule has 2 aromatic carbocycles. The Kier molecular flexibility index (Phi) is 6.05. The summed E-state index contributed by atoms with van der Waals surface area (Å²) in [4.78, 5) is 29.6. The predicted molar refractivity (Wildman–Crippen MR) is 114 cm³/mol. The second-order valence-electron chi connectivity index (χ2n) is 7.02. The number of carbonyl (C=O) groups is 1. The lowest BCUT2D eigenvalue weighted by molar-refractivity contribution is 0.0871. The summed E-state index contributed by atoms with van der Waals surface area (Å²) >= 11 is 0. The highest BCUT2D eigenvalue weighted by Crippen LogP contribution is 2.33. The fourth-order valence-electron chi connectivity index (χ4n) is 3.15. The molecule has 10 nitrogen and oxygen atoms in total. The number of nitrogens with one attached hydrogen (secondary N) is 1. The molecule has 0 saturated carbocycles. The van der Waals surface area contributed by atoms with Crippen molar-refractivity contribution in [1.29, 1.82) is 0 Å². The van der Waals surface area contributed by atoms with Crippen LogP contribution < -0.4 is 15.5 Å². The number of halogens is 1. The van der Waals surface area contributed by atoms with Crippen molar-refractivity contribution in [3.63, 3.8) is 0 Å². The van der Waals surface area contributed by atoms with Gasteiger partial charge in [0.15, 0.2) is 5.82 Å². The zero-order chi connectivity index (χ0) is 23.5. The third kappa shape index (κ3) is 4.39. The van der Waals surface area contributed by atoms with E-state index in [9.17, 15) is 19.1 Å². The molecule has 0 fully saturated rings. The Morgan fingerprint density at radius 2 is 2.03 bits per heavy atom. The minimum Gasteiger partial charge on any atom is -0.501 e. The molecule has 0 saturated heterocycles. The highest BCUT2D eigenvalue weighted by Gasteiger charge is 2.23. The quantitative estimate of drug-likeness (QED) is 0.407. The molecule has 0 radical (unpaired) electrons. The molecular formula is C22H19FN4O6. The van der Waals surface area contributed by atoms with Gasteiger partial charge in [0.25, 0.3) is 5.91 Å². The Bertz CT molecular complexity index is 1380. The molecule has 0 unspecified atom stereocenters. The second-order valence-corrected chi connectivity index (χ2v) is 7.02. The molecule has 4 aromatic rings. The number of aryl methyl sites for hydroxylation is 1. The van der Waals surface area contributed by atoms with E-state index in [2.05, 4.69) is 15.4 Å². The minimum atomic E-state index is -0.771. The van der Waals surface area contributed by atoms with Gasteiger partial charge in [-0.15, -0.1) is 0 Å². The van der Waals surface area contributed by atoms with Crippen molar-refractivity contribution in [1.82, 2.24) is 20.1 Å². The average Bonchev–Trinajstić information content (AvgIpc) is 3.24. The summed E-state index contributed by atoms with van der Waals surface area (Å²) in [6, 6.07) is 8.32. The van der Waals surface area contributed by atoms with Gasteiger partial charge in [-0.2, -0.15) is 5.10 Å². The van der Waals surface area contributed by atoms with E-state index in [0.29, 0.717) is 5.56 Å². The van der Waals surface area contributed by atoms with Crippen LogP contribution >= 0.6 is 0 Å². The molecule has 2 heterocycles. The van der Waals surface area contributed by atoms with Crippen LogP contribution in [0.25, 0.3) is 22.6 Å². The van der Waals surface area contributed by atoms with Crippen molar-refractivity contribution >= 4 is 16.9 Å². The summed E-state index contributed by atoms with van der Waals surface area (Å²) in [5.41, 5.74) is -0.0170. The van der Waals surface area contributed by atoms with Gasteiger partial charge in [0.2, 0.25) is 16.9 Å². The summed E-state index contributed by atoms with van der Waals surface area (Å²) in [5.74, 6) is -1.65. The lowest BCUT2D eigenvalue weighted by Gasteiger charge is -2.13. The van der Waals surface area contributed by atoms with Crippen LogP contribution in [0.5, 0.6) is 11.5 Å². The van der Waals surface area contributed by atoms with Crippen LogP contribution in [0.1, 0.15) is 15.9 Å². The van der Waals surface area contributed by atoms with Crippen molar-refractivity contribution in [3.8, 4) is 23.1 Å². The highest BCUT2D eigenvalue weighted by molar-refractivity contribution is 5.99. The summed E-state index contributed by atoms with van der Waals surface area (Å²) < 4.78 is 31.0. The number of hydrogen-bond donors (Lipinski definition) is 2. The number of amides is 1. The third-order valence-electron chi connectivity index (χ3n) is 4.80. The van der Waals surface area contributed by atoms with Gasteiger partial charge in [-0.05, 0) is 29.8 Å². The van der Waals surface area contributed by atoms with E-state index < -0.39 is 22.9 Å². The number of ether oxygens (including phenoxy) is 2. The maximum absolute atomic E-state index is 13.2. The number of fused-ring (bicyclic) bond motifs is 1.